The molecule has 0 radical (unpaired) electrons. The van der Waals surface area contributed by atoms with Crippen molar-refractivity contribution in [2.24, 2.45) is 0 Å². The highest BCUT2D eigenvalue weighted by atomic mass is 19.1. The number of hydrogen-bond acceptors (Lipinski definition) is 2. The fraction of sp³-hybridized carbons (Fsp3) is 0.385. The third-order valence-electron chi connectivity index (χ3n) is 3.14. The lowest BCUT2D eigenvalue weighted by Gasteiger charge is -2.32. The minimum absolute atomic E-state index is 0.334. The van der Waals surface area contributed by atoms with E-state index in [-0.39, 0.29) is 0 Å². The number of halogens is 1. The third-order valence-corrected chi connectivity index (χ3v) is 3.14. The number of piperidine rings is 1. The van der Waals surface area contributed by atoms with Crippen molar-refractivity contribution in [3.05, 3.63) is 30.1 Å². The quantitative estimate of drug-likeness (QED) is 0.862. The summed E-state index contributed by atoms with van der Waals surface area (Å²) in [7, 11) is 0. The number of rotatable bonds is 2. The van der Waals surface area contributed by atoms with Gasteiger partial charge in [-0.2, -0.15) is 0 Å². The molecule has 2 rings (SSSR count). The Kier molecular flexibility index (Phi) is 3.99. The molecule has 1 atom stereocenters. The first-order valence-corrected chi connectivity index (χ1v) is 6.14. The number of carbonyl (C=O) groups is 2. The summed E-state index contributed by atoms with van der Waals surface area (Å²) in [4.78, 5) is 24.3. The Morgan fingerprint density at radius 3 is 2.84 bits per heavy atom. The lowest BCUT2D eigenvalue weighted by molar-refractivity contribution is -0.121. The van der Waals surface area contributed by atoms with Crippen LogP contribution in [0.25, 0.3) is 0 Å². The average Bonchev–Trinajstić information content (AvgIpc) is 2.38. The van der Waals surface area contributed by atoms with E-state index >= 15 is 0 Å². The summed E-state index contributed by atoms with van der Waals surface area (Å²) in [5.41, 5.74) is 0.334. The maximum absolute atomic E-state index is 13.0. The van der Waals surface area contributed by atoms with Gasteiger partial charge in [-0.3, -0.25) is 9.69 Å². The van der Waals surface area contributed by atoms with Gasteiger partial charge in [0.25, 0.3) is 0 Å². The number of amides is 2. The number of nitrogens with one attached hydrogen (secondary N) is 1. The minimum atomic E-state index is -1.10. The third kappa shape index (κ3) is 3.21. The van der Waals surface area contributed by atoms with E-state index in [9.17, 15) is 14.0 Å². The van der Waals surface area contributed by atoms with Crippen LogP contribution < -0.4 is 5.32 Å². The zero-order chi connectivity index (χ0) is 13.8. The van der Waals surface area contributed by atoms with Crippen LogP contribution in [-0.4, -0.2) is 34.6 Å². The number of nitrogens with zero attached hydrogens (tertiary/aromatic N) is 1. The molecular formula is C13H15FN2O3. The first-order chi connectivity index (χ1) is 9.08. The molecule has 102 valence electrons. The van der Waals surface area contributed by atoms with E-state index in [4.69, 9.17) is 5.11 Å². The first kappa shape index (κ1) is 13.3. The highest BCUT2D eigenvalue weighted by Gasteiger charge is 2.31. The molecule has 0 saturated carbocycles. The molecule has 6 heteroatoms. The molecule has 0 spiro atoms. The number of hydrogen-bond donors (Lipinski definition) is 2. The number of benzene rings is 1. The summed E-state index contributed by atoms with van der Waals surface area (Å²) in [5, 5.41) is 11.6. The second-order valence-corrected chi connectivity index (χ2v) is 4.49. The minimum Gasteiger partial charge on any atom is -0.465 e. The monoisotopic (exact) mass is 266 g/mol. The van der Waals surface area contributed by atoms with Crippen molar-refractivity contribution >= 4 is 17.7 Å². The van der Waals surface area contributed by atoms with E-state index in [2.05, 4.69) is 5.32 Å². The topological polar surface area (TPSA) is 69.6 Å². The zero-order valence-electron chi connectivity index (χ0n) is 10.3. The van der Waals surface area contributed by atoms with Gasteiger partial charge in [0, 0.05) is 12.2 Å². The van der Waals surface area contributed by atoms with Crippen molar-refractivity contribution in [2.75, 3.05) is 11.9 Å². The lowest BCUT2D eigenvalue weighted by Crippen LogP contribution is -2.49. The van der Waals surface area contributed by atoms with Crippen molar-refractivity contribution < 1.29 is 19.1 Å². The molecule has 1 fully saturated rings. The van der Waals surface area contributed by atoms with Gasteiger partial charge in [0.1, 0.15) is 11.9 Å². The maximum atomic E-state index is 13.0. The summed E-state index contributed by atoms with van der Waals surface area (Å²) in [5.74, 6) is -0.857. The number of carboxylic acid groups (broad SMARTS) is 1. The van der Waals surface area contributed by atoms with Gasteiger partial charge in [-0.05, 0) is 37.5 Å². The first-order valence-electron chi connectivity index (χ1n) is 6.14. The van der Waals surface area contributed by atoms with E-state index in [1.54, 1.807) is 6.07 Å². The highest BCUT2D eigenvalue weighted by molar-refractivity contribution is 5.96. The van der Waals surface area contributed by atoms with Gasteiger partial charge in [-0.15, -0.1) is 0 Å². The zero-order valence-corrected chi connectivity index (χ0v) is 10.3. The number of carbonyl (C=O) groups excluding carboxylic acids is 1. The predicted molar refractivity (Wildman–Crippen MR) is 67.4 cm³/mol. The molecule has 1 aromatic rings. The normalized spacial score (nSPS) is 19.0. The molecule has 2 N–H and O–H groups in total. The summed E-state index contributed by atoms with van der Waals surface area (Å²) >= 11 is 0. The van der Waals surface area contributed by atoms with Crippen LogP contribution in [-0.2, 0) is 4.79 Å². The largest absolute Gasteiger partial charge is 0.465 e. The number of likely N-dealkylation sites (tertiary alicyclic amines) is 1. The predicted octanol–water partition coefficient (Wildman–Crippen LogP) is 2.30. The van der Waals surface area contributed by atoms with E-state index in [1.165, 1.54) is 18.2 Å². The standard InChI is InChI=1S/C13H15FN2O3/c14-9-4-3-5-10(8-9)15-12(17)11-6-1-2-7-16(11)13(18)19/h3-5,8,11H,1-2,6-7H2,(H,15,17)(H,18,19). The molecule has 1 saturated heterocycles. The van der Waals surface area contributed by atoms with E-state index in [1.807, 2.05) is 0 Å². The van der Waals surface area contributed by atoms with Crippen molar-refractivity contribution in [1.29, 1.82) is 0 Å². The number of anilines is 1. The van der Waals surface area contributed by atoms with Crippen LogP contribution in [0.15, 0.2) is 24.3 Å². The van der Waals surface area contributed by atoms with Gasteiger partial charge in [-0.1, -0.05) is 6.07 Å². The molecule has 0 bridgehead atoms. The van der Waals surface area contributed by atoms with E-state index in [0.29, 0.717) is 18.7 Å². The second kappa shape index (κ2) is 5.69. The van der Waals surface area contributed by atoms with Gasteiger partial charge in [0.15, 0.2) is 0 Å². The van der Waals surface area contributed by atoms with Crippen molar-refractivity contribution in [3.63, 3.8) is 0 Å². The molecular weight excluding hydrogens is 251 g/mol. The Hall–Kier alpha value is -2.11. The fourth-order valence-electron chi connectivity index (χ4n) is 2.22. The summed E-state index contributed by atoms with van der Waals surface area (Å²) in [6, 6.07) is 4.83. The smallest absolute Gasteiger partial charge is 0.407 e. The molecule has 1 unspecified atom stereocenters. The second-order valence-electron chi connectivity index (χ2n) is 4.49. The van der Waals surface area contributed by atoms with Crippen LogP contribution in [0, 0.1) is 5.82 Å². The van der Waals surface area contributed by atoms with Crippen LogP contribution >= 0.6 is 0 Å². The Labute approximate surface area is 110 Å². The summed E-state index contributed by atoms with van der Waals surface area (Å²) in [6.07, 6.45) is 0.966. The highest BCUT2D eigenvalue weighted by Crippen LogP contribution is 2.19. The van der Waals surface area contributed by atoms with Crippen LogP contribution in [0.2, 0.25) is 0 Å². The Bertz CT molecular complexity index is 493. The molecule has 2 amide bonds. The van der Waals surface area contributed by atoms with Gasteiger partial charge >= 0.3 is 6.09 Å². The van der Waals surface area contributed by atoms with E-state index < -0.39 is 23.9 Å². The molecule has 19 heavy (non-hydrogen) atoms. The van der Waals surface area contributed by atoms with E-state index in [0.717, 1.165) is 17.7 Å². The maximum Gasteiger partial charge on any atom is 0.407 e. The molecule has 1 aliphatic rings. The fourth-order valence-corrected chi connectivity index (χ4v) is 2.22. The molecule has 0 aliphatic carbocycles. The molecule has 1 aromatic carbocycles. The summed E-state index contributed by atoms with van der Waals surface area (Å²) in [6.45, 7) is 0.358. The molecule has 0 aromatic heterocycles. The average molecular weight is 266 g/mol. The Balaban J connectivity index is 2.07. The van der Waals surface area contributed by atoms with Gasteiger partial charge in [0.05, 0.1) is 0 Å². The van der Waals surface area contributed by atoms with Crippen LogP contribution in [0.1, 0.15) is 19.3 Å². The van der Waals surface area contributed by atoms with Crippen LogP contribution in [0.3, 0.4) is 0 Å². The van der Waals surface area contributed by atoms with Gasteiger partial charge < -0.3 is 10.4 Å². The SMILES string of the molecule is O=C(Nc1cccc(F)c1)C1CCCCN1C(=O)O. The van der Waals surface area contributed by atoms with Gasteiger partial charge in [-0.25, -0.2) is 9.18 Å². The molecule has 1 aliphatic heterocycles. The van der Waals surface area contributed by atoms with Crippen molar-refractivity contribution in [3.8, 4) is 0 Å². The van der Waals surface area contributed by atoms with Gasteiger partial charge in [0.2, 0.25) is 5.91 Å². The Morgan fingerprint density at radius 1 is 1.37 bits per heavy atom. The summed E-state index contributed by atoms with van der Waals surface area (Å²) < 4.78 is 13.0. The van der Waals surface area contributed by atoms with Crippen LogP contribution in [0.5, 0.6) is 0 Å². The lowest BCUT2D eigenvalue weighted by atomic mass is 10.0. The Morgan fingerprint density at radius 2 is 2.16 bits per heavy atom. The van der Waals surface area contributed by atoms with Crippen LogP contribution in [0.4, 0.5) is 14.9 Å². The van der Waals surface area contributed by atoms with Crippen molar-refractivity contribution in [2.45, 2.75) is 25.3 Å². The molecule has 5 nitrogen and oxygen atoms in total. The molecule has 1 heterocycles. The van der Waals surface area contributed by atoms with Crippen molar-refractivity contribution in [1.82, 2.24) is 4.90 Å².